The van der Waals surface area contributed by atoms with Crippen molar-refractivity contribution < 1.29 is 36.0 Å². The summed E-state index contributed by atoms with van der Waals surface area (Å²) >= 11 is 0. The molecule has 0 unspecified atom stereocenters. The largest absolute Gasteiger partial charge is 0.486 e. The van der Waals surface area contributed by atoms with Gasteiger partial charge in [0, 0.05) is 23.6 Å². The Kier molecular flexibility index (Phi) is 22.7. The van der Waals surface area contributed by atoms with E-state index in [1.54, 1.807) is 0 Å². The standard InChI is InChI=1S/C18H38NO4P.Fe/c1-2-3-4-5-6-7-8-9-10-11-12-13-14-15-16-17-18-19-23-24(20,21)22;/h9-10,19H,2-8,11-18H2,1H3,(H2,20,21,22);/b10-9-;. The van der Waals surface area contributed by atoms with Crippen LogP contribution >= 0.6 is 7.82 Å². The number of hydrogen-bond acceptors (Lipinski definition) is 3. The zero-order chi connectivity index (χ0) is 17.9. The van der Waals surface area contributed by atoms with Crippen LogP contribution in [0.15, 0.2) is 12.2 Å². The van der Waals surface area contributed by atoms with Crippen LogP contribution in [0.1, 0.15) is 96.8 Å². The van der Waals surface area contributed by atoms with Crippen molar-refractivity contribution in [3.8, 4) is 0 Å². The van der Waals surface area contributed by atoms with E-state index in [4.69, 9.17) is 9.79 Å². The molecule has 152 valence electrons. The molecule has 0 heterocycles. The first-order valence-electron chi connectivity index (χ1n) is 9.68. The summed E-state index contributed by atoms with van der Waals surface area (Å²) in [7, 11) is -4.37. The summed E-state index contributed by atoms with van der Waals surface area (Å²) in [5.41, 5.74) is 2.30. The molecule has 0 aliphatic heterocycles. The third-order valence-electron chi connectivity index (χ3n) is 3.97. The molecule has 0 radical (unpaired) electrons. The van der Waals surface area contributed by atoms with Gasteiger partial charge in [0.15, 0.2) is 0 Å². The predicted molar refractivity (Wildman–Crippen MR) is 101 cm³/mol. The van der Waals surface area contributed by atoms with Crippen molar-refractivity contribution in [2.24, 2.45) is 0 Å². The van der Waals surface area contributed by atoms with Gasteiger partial charge in [0.05, 0.1) is 0 Å². The van der Waals surface area contributed by atoms with Crippen LogP contribution in [0, 0.1) is 0 Å². The van der Waals surface area contributed by atoms with Crippen LogP contribution in [0.3, 0.4) is 0 Å². The van der Waals surface area contributed by atoms with Crippen molar-refractivity contribution in [1.82, 2.24) is 5.48 Å². The van der Waals surface area contributed by atoms with Gasteiger partial charge in [-0.15, -0.1) is 0 Å². The van der Waals surface area contributed by atoms with Crippen LogP contribution in [-0.4, -0.2) is 16.3 Å². The fraction of sp³-hybridized carbons (Fsp3) is 0.889. The van der Waals surface area contributed by atoms with Crippen molar-refractivity contribution in [2.45, 2.75) is 96.8 Å². The van der Waals surface area contributed by atoms with Crippen molar-refractivity contribution in [3.05, 3.63) is 12.2 Å². The second-order valence-corrected chi connectivity index (χ2v) is 7.58. The maximum atomic E-state index is 10.4. The molecule has 0 aromatic carbocycles. The summed E-state index contributed by atoms with van der Waals surface area (Å²) in [6, 6.07) is 0. The molecule has 0 rings (SSSR count). The van der Waals surface area contributed by atoms with E-state index in [2.05, 4.69) is 29.2 Å². The van der Waals surface area contributed by atoms with Crippen molar-refractivity contribution in [2.75, 3.05) is 6.54 Å². The topological polar surface area (TPSA) is 78.8 Å². The monoisotopic (exact) mass is 419 g/mol. The van der Waals surface area contributed by atoms with Crippen LogP contribution in [0.4, 0.5) is 0 Å². The maximum absolute atomic E-state index is 10.4. The van der Waals surface area contributed by atoms with E-state index in [9.17, 15) is 4.57 Å². The zero-order valence-electron chi connectivity index (χ0n) is 15.8. The van der Waals surface area contributed by atoms with E-state index in [1.165, 1.54) is 77.0 Å². The molecule has 0 aromatic heterocycles. The fourth-order valence-electron chi connectivity index (χ4n) is 2.57. The first kappa shape index (κ1) is 27.5. The van der Waals surface area contributed by atoms with Gasteiger partial charge in [-0.2, -0.15) is 10.1 Å². The minimum Gasteiger partial charge on any atom is -0.302 e. The molecule has 0 amide bonds. The van der Waals surface area contributed by atoms with Crippen LogP contribution in [0.2, 0.25) is 0 Å². The van der Waals surface area contributed by atoms with Crippen LogP contribution in [0.25, 0.3) is 0 Å². The van der Waals surface area contributed by atoms with Crippen LogP contribution < -0.4 is 5.48 Å². The summed E-state index contributed by atoms with van der Waals surface area (Å²) in [5.74, 6) is 0. The molecule has 0 spiro atoms. The molecule has 5 nitrogen and oxygen atoms in total. The van der Waals surface area contributed by atoms with Gasteiger partial charge in [0.25, 0.3) is 0 Å². The maximum Gasteiger partial charge on any atom is 0.486 e. The number of nitrogens with one attached hydrogen (secondary N) is 1. The van der Waals surface area contributed by atoms with Gasteiger partial charge in [0.2, 0.25) is 0 Å². The number of unbranched alkanes of at least 4 members (excludes halogenated alkanes) is 12. The average molecular weight is 419 g/mol. The van der Waals surface area contributed by atoms with Crippen LogP contribution in [0.5, 0.6) is 0 Å². The molecular weight excluding hydrogens is 381 g/mol. The minimum absolute atomic E-state index is 0. The van der Waals surface area contributed by atoms with E-state index in [0.29, 0.717) is 6.54 Å². The van der Waals surface area contributed by atoms with Gasteiger partial charge in [0.1, 0.15) is 0 Å². The summed E-state index contributed by atoms with van der Waals surface area (Å²) < 4.78 is 14.6. The molecule has 0 saturated heterocycles. The van der Waals surface area contributed by atoms with Gasteiger partial charge < -0.3 is 9.79 Å². The number of hydrogen-bond donors (Lipinski definition) is 3. The smallest absolute Gasteiger partial charge is 0.302 e. The molecule has 0 aromatic rings. The fourth-order valence-corrected chi connectivity index (χ4v) is 2.83. The van der Waals surface area contributed by atoms with Gasteiger partial charge in [-0.3, -0.25) is 0 Å². The Labute approximate surface area is 165 Å². The normalized spacial score (nSPS) is 11.8. The average Bonchev–Trinajstić information content (AvgIpc) is 2.52. The molecular formula is C18H38FeNO4P. The molecule has 0 aliphatic rings. The molecule has 0 saturated carbocycles. The first-order valence-corrected chi connectivity index (χ1v) is 11.2. The van der Waals surface area contributed by atoms with Gasteiger partial charge in [-0.1, -0.05) is 76.9 Å². The number of allylic oxidation sites excluding steroid dienone is 2. The Morgan fingerprint density at radius 2 is 1.24 bits per heavy atom. The number of hydroxylamine groups is 1. The van der Waals surface area contributed by atoms with E-state index in [1.807, 2.05) is 0 Å². The summed E-state index contributed by atoms with van der Waals surface area (Å²) in [5, 5.41) is 0. The molecule has 0 atom stereocenters. The Bertz CT molecular complexity index is 337. The molecule has 0 bridgehead atoms. The van der Waals surface area contributed by atoms with Crippen molar-refractivity contribution in [3.63, 3.8) is 0 Å². The van der Waals surface area contributed by atoms with E-state index in [-0.39, 0.29) is 17.1 Å². The van der Waals surface area contributed by atoms with E-state index in [0.717, 1.165) is 12.8 Å². The minimum atomic E-state index is -4.37. The second kappa shape index (κ2) is 20.6. The Balaban J connectivity index is 0. The van der Waals surface area contributed by atoms with Crippen LogP contribution in [-0.2, 0) is 26.3 Å². The van der Waals surface area contributed by atoms with Gasteiger partial charge in [-0.25, -0.2) is 4.57 Å². The first-order chi connectivity index (χ1) is 11.6. The molecule has 25 heavy (non-hydrogen) atoms. The van der Waals surface area contributed by atoms with Gasteiger partial charge >= 0.3 is 7.82 Å². The van der Waals surface area contributed by atoms with Crippen molar-refractivity contribution in [1.29, 1.82) is 0 Å². The second-order valence-electron chi connectivity index (χ2n) is 6.41. The summed E-state index contributed by atoms with van der Waals surface area (Å²) in [6.07, 6.45) is 22.1. The summed E-state index contributed by atoms with van der Waals surface area (Å²) in [6.45, 7) is 2.73. The number of rotatable bonds is 18. The Hall–Kier alpha value is 0.329. The Morgan fingerprint density at radius 1 is 0.800 bits per heavy atom. The molecule has 0 aliphatic carbocycles. The number of phosphoric acid groups is 1. The van der Waals surface area contributed by atoms with Gasteiger partial charge in [-0.05, 0) is 32.1 Å². The van der Waals surface area contributed by atoms with E-state index < -0.39 is 7.82 Å². The summed E-state index contributed by atoms with van der Waals surface area (Å²) in [4.78, 5) is 16.9. The zero-order valence-corrected chi connectivity index (χ0v) is 17.8. The third-order valence-corrected chi connectivity index (χ3v) is 4.34. The molecule has 3 N–H and O–H groups in total. The SMILES string of the molecule is CCCCCCCC/C=C\CCCCCCCCNOP(=O)(O)O.[Fe]. The molecule has 0 fully saturated rings. The predicted octanol–water partition coefficient (Wildman–Crippen LogP) is 5.64. The Morgan fingerprint density at radius 3 is 1.72 bits per heavy atom. The third kappa shape index (κ3) is 26.7. The van der Waals surface area contributed by atoms with Crippen molar-refractivity contribution >= 4 is 7.82 Å². The quantitative estimate of drug-likeness (QED) is 0.0882. The van der Waals surface area contributed by atoms with E-state index >= 15 is 0 Å². The molecule has 7 heteroatoms.